The van der Waals surface area contributed by atoms with Crippen LogP contribution in [0.2, 0.25) is 0 Å². The summed E-state index contributed by atoms with van der Waals surface area (Å²) in [7, 11) is 0. The number of nitrogens with zero attached hydrogens (tertiary/aromatic N) is 4. The van der Waals surface area contributed by atoms with Gasteiger partial charge in [0.1, 0.15) is 0 Å². The number of aromatic nitrogens is 4. The van der Waals surface area contributed by atoms with Gasteiger partial charge in [-0.1, -0.05) is 121 Å². The number of para-hydroxylation sites is 2. The Bertz CT molecular complexity index is 3120. The summed E-state index contributed by atoms with van der Waals surface area (Å²) in [6.45, 7) is 0. The van der Waals surface area contributed by atoms with Crippen molar-refractivity contribution in [2.24, 2.45) is 0 Å². The first-order valence-corrected chi connectivity index (χ1v) is 18.0. The maximum Gasteiger partial charge on any atom is 0.235 e. The summed E-state index contributed by atoms with van der Waals surface area (Å²) in [5.74, 6) is 0.665. The maximum atomic E-state index is 5.48. The predicted molar refractivity (Wildman–Crippen MR) is 214 cm³/mol. The van der Waals surface area contributed by atoms with Crippen LogP contribution >= 0.6 is 11.3 Å². The summed E-state index contributed by atoms with van der Waals surface area (Å²) >= 11 is 1.84. The molecular weight excluding hydrogens is 641 g/mol. The van der Waals surface area contributed by atoms with E-state index in [9.17, 15) is 0 Å². The van der Waals surface area contributed by atoms with E-state index in [0.29, 0.717) is 5.95 Å². The molecule has 0 aliphatic carbocycles. The molecule has 0 amide bonds. The van der Waals surface area contributed by atoms with Crippen LogP contribution in [0.3, 0.4) is 0 Å². The van der Waals surface area contributed by atoms with Gasteiger partial charge in [-0.05, 0) is 53.6 Å². The van der Waals surface area contributed by atoms with Crippen molar-refractivity contribution in [1.29, 1.82) is 0 Å². The first kappa shape index (κ1) is 28.3. The molecule has 0 N–H and O–H groups in total. The van der Waals surface area contributed by atoms with Gasteiger partial charge in [0.25, 0.3) is 0 Å². The van der Waals surface area contributed by atoms with E-state index in [1.807, 2.05) is 11.3 Å². The van der Waals surface area contributed by atoms with E-state index in [-0.39, 0.29) is 0 Å². The highest BCUT2D eigenvalue weighted by molar-refractivity contribution is 7.26. The molecule has 0 radical (unpaired) electrons. The molecule has 0 saturated carbocycles. The Labute approximate surface area is 297 Å². The standard InChI is InChI=1S/C46H28N4S/c1-3-11-29(12-4-1)30-19-21-31(22-20-30)43-37-16-7-9-17-39(37)47-46(48-43)50-41-28-40-32(25-26-49(40)33-13-5-2-6-14-33)27-38(41)35-23-24-36-34-15-8-10-18-42(34)51-45(36)44(35)50/h1-28H. The third kappa shape index (κ3) is 4.32. The molecule has 0 aliphatic heterocycles. The second-order valence-corrected chi connectivity index (χ2v) is 14.1. The molecule has 0 fully saturated rings. The second-order valence-electron chi connectivity index (χ2n) is 13.1. The van der Waals surface area contributed by atoms with E-state index in [4.69, 9.17) is 9.97 Å². The molecule has 4 aromatic heterocycles. The van der Waals surface area contributed by atoms with Crippen LogP contribution in [-0.2, 0) is 0 Å². The first-order valence-electron chi connectivity index (χ1n) is 17.2. The Kier molecular flexibility index (Phi) is 6.09. The van der Waals surface area contributed by atoms with Gasteiger partial charge in [0.2, 0.25) is 5.95 Å². The van der Waals surface area contributed by atoms with E-state index in [1.54, 1.807) is 0 Å². The third-order valence-corrected chi connectivity index (χ3v) is 11.4. The fourth-order valence-corrected chi connectivity index (χ4v) is 9.00. The van der Waals surface area contributed by atoms with Crippen LogP contribution in [-0.4, -0.2) is 19.1 Å². The number of benzene rings is 7. The minimum atomic E-state index is 0.665. The normalized spacial score (nSPS) is 11.9. The largest absolute Gasteiger partial charge is 0.316 e. The van der Waals surface area contributed by atoms with Crippen molar-refractivity contribution < 1.29 is 0 Å². The monoisotopic (exact) mass is 668 g/mol. The van der Waals surface area contributed by atoms with E-state index < -0.39 is 0 Å². The van der Waals surface area contributed by atoms with Gasteiger partial charge in [-0.3, -0.25) is 4.57 Å². The fourth-order valence-electron chi connectivity index (χ4n) is 7.76. The quantitative estimate of drug-likeness (QED) is 0.187. The van der Waals surface area contributed by atoms with Crippen molar-refractivity contribution >= 4 is 75.1 Å². The van der Waals surface area contributed by atoms with Crippen LogP contribution in [0.4, 0.5) is 0 Å². The number of thiophene rings is 1. The minimum Gasteiger partial charge on any atom is -0.316 e. The molecule has 0 spiro atoms. The van der Waals surface area contributed by atoms with Crippen LogP contribution in [0.15, 0.2) is 170 Å². The highest BCUT2D eigenvalue weighted by Crippen LogP contribution is 2.44. The molecule has 0 aliphatic rings. The average molecular weight is 669 g/mol. The number of hydrogen-bond donors (Lipinski definition) is 0. The van der Waals surface area contributed by atoms with Gasteiger partial charge in [-0.2, -0.15) is 0 Å². The molecule has 4 heterocycles. The molecule has 5 heteroatoms. The topological polar surface area (TPSA) is 35.6 Å². The smallest absolute Gasteiger partial charge is 0.235 e. The third-order valence-electron chi connectivity index (χ3n) is 10.2. The summed E-state index contributed by atoms with van der Waals surface area (Å²) in [6, 6.07) is 58.4. The van der Waals surface area contributed by atoms with Gasteiger partial charge in [-0.15, -0.1) is 11.3 Å². The molecule has 7 aromatic carbocycles. The van der Waals surface area contributed by atoms with Crippen molar-refractivity contribution in [2.45, 2.75) is 0 Å². The lowest BCUT2D eigenvalue weighted by atomic mass is 10.0. The summed E-state index contributed by atoms with van der Waals surface area (Å²) in [4.78, 5) is 10.8. The number of rotatable bonds is 4. The molecular formula is C46H28N4S. The van der Waals surface area contributed by atoms with Crippen molar-refractivity contribution in [1.82, 2.24) is 19.1 Å². The van der Waals surface area contributed by atoms with Crippen molar-refractivity contribution in [3.63, 3.8) is 0 Å². The zero-order chi connectivity index (χ0) is 33.5. The van der Waals surface area contributed by atoms with Crippen molar-refractivity contribution in [3.8, 4) is 34.0 Å². The molecule has 51 heavy (non-hydrogen) atoms. The summed E-state index contributed by atoms with van der Waals surface area (Å²) < 4.78 is 7.10. The minimum absolute atomic E-state index is 0.665. The van der Waals surface area contributed by atoms with Crippen LogP contribution in [0.5, 0.6) is 0 Å². The van der Waals surface area contributed by atoms with Crippen LogP contribution in [0.1, 0.15) is 0 Å². The van der Waals surface area contributed by atoms with Crippen molar-refractivity contribution in [3.05, 3.63) is 170 Å². The fraction of sp³-hybridized carbons (Fsp3) is 0. The Morgan fingerprint density at radius 1 is 0.471 bits per heavy atom. The second kappa shape index (κ2) is 11.0. The van der Waals surface area contributed by atoms with Gasteiger partial charge in [0.15, 0.2) is 0 Å². The highest BCUT2D eigenvalue weighted by atomic mass is 32.1. The lowest BCUT2D eigenvalue weighted by molar-refractivity contribution is 1.02. The van der Waals surface area contributed by atoms with Crippen LogP contribution in [0.25, 0.3) is 97.8 Å². The van der Waals surface area contributed by atoms with Gasteiger partial charge in [0, 0.05) is 54.5 Å². The predicted octanol–water partition coefficient (Wildman–Crippen LogP) is 12.4. The lowest BCUT2D eigenvalue weighted by Gasteiger charge is -2.13. The van der Waals surface area contributed by atoms with Crippen LogP contribution in [0, 0.1) is 0 Å². The summed E-state index contributed by atoms with van der Waals surface area (Å²) in [6.07, 6.45) is 2.17. The van der Waals surface area contributed by atoms with Gasteiger partial charge in [-0.25, -0.2) is 9.97 Å². The lowest BCUT2D eigenvalue weighted by Crippen LogP contribution is -2.03. The Morgan fingerprint density at radius 3 is 2.00 bits per heavy atom. The van der Waals surface area contributed by atoms with Crippen LogP contribution < -0.4 is 0 Å². The van der Waals surface area contributed by atoms with E-state index in [0.717, 1.165) is 44.4 Å². The zero-order valence-corrected chi connectivity index (χ0v) is 28.2. The highest BCUT2D eigenvalue weighted by Gasteiger charge is 2.22. The maximum absolute atomic E-state index is 5.48. The summed E-state index contributed by atoms with van der Waals surface area (Å²) in [5, 5.41) is 7.14. The van der Waals surface area contributed by atoms with E-state index >= 15 is 0 Å². The van der Waals surface area contributed by atoms with Gasteiger partial charge >= 0.3 is 0 Å². The van der Waals surface area contributed by atoms with E-state index in [1.165, 1.54) is 47.5 Å². The Morgan fingerprint density at radius 2 is 1.16 bits per heavy atom. The molecule has 0 bridgehead atoms. The molecule has 0 unspecified atom stereocenters. The Hall–Kier alpha value is -6.56. The zero-order valence-electron chi connectivity index (χ0n) is 27.4. The van der Waals surface area contributed by atoms with E-state index in [2.05, 4.69) is 179 Å². The average Bonchev–Trinajstić information content (AvgIpc) is 3.89. The summed E-state index contributed by atoms with van der Waals surface area (Å²) in [5.41, 5.74) is 9.76. The SMILES string of the molecule is c1ccc(-c2ccc(-c3nc(-n4c5cc6c(ccn6-c6ccccc6)cc5c5ccc6c7ccccc7sc6c54)nc4ccccc34)cc2)cc1. The molecule has 11 rings (SSSR count). The molecule has 0 atom stereocenters. The first-order chi connectivity index (χ1) is 25.3. The Balaban J connectivity index is 1.24. The molecule has 0 saturated heterocycles. The molecule has 4 nitrogen and oxygen atoms in total. The van der Waals surface area contributed by atoms with Crippen molar-refractivity contribution in [2.75, 3.05) is 0 Å². The van der Waals surface area contributed by atoms with Gasteiger partial charge < -0.3 is 4.57 Å². The molecule has 11 aromatic rings. The van der Waals surface area contributed by atoms with Gasteiger partial charge in [0.05, 0.1) is 32.5 Å². The number of fused-ring (bicyclic) bond motifs is 9. The number of hydrogen-bond acceptors (Lipinski definition) is 3. The molecule has 238 valence electrons.